The van der Waals surface area contributed by atoms with Gasteiger partial charge in [-0.2, -0.15) is 0 Å². The molecule has 4 amide bonds. The highest BCUT2D eigenvalue weighted by Gasteiger charge is 2.34. The Morgan fingerprint density at radius 3 is 1.45 bits per heavy atom. The Bertz CT molecular complexity index is 1160. The van der Waals surface area contributed by atoms with Crippen molar-refractivity contribution in [1.82, 2.24) is 21.3 Å². The fourth-order valence-corrected chi connectivity index (χ4v) is 3.84. The van der Waals surface area contributed by atoms with Crippen molar-refractivity contribution in [3.05, 3.63) is 25.3 Å². The number of alkyl carbamates (subject to hydrolysis) is 2. The van der Waals surface area contributed by atoms with Gasteiger partial charge < -0.3 is 50.1 Å². The Morgan fingerprint density at radius 2 is 1.08 bits per heavy atom. The number of hydrogen-bond acceptors (Lipinski definition) is 13. The second kappa shape index (κ2) is 25.3. The van der Waals surface area contributed by atoms with E-state index in [9.17, 15) is 38.7 Å². The number of carbonyl (C=O) groups excluding carboxylic acids is 7. The van der Waals surface area contributed by atoms with Crippen molar-refractivity contribution >= 4 is 41.9 Å². The third kappa shape index (κ3) is 25.9. The number of carbonyl (C=O) groups is 7. The lowest BCUT2D eigenvalue weighted by atomic mass is 10.0. The highest BCUT2D eigenvalue weighted by Crippen LogP contribution is 2.14. The van der Waals surface area contributed by atoms with Gasteiger partial charge >= 0.3 is 30.1 Å². The van der Waals surface area contributed by atoms with Gasteiger partial charge in [0, 0.05) is 6.92 Å². The lowest BCUT2D eigenvalue weighted by Crippen LogP contribution is -2.53. The van der Waals surface area contributed by atoms with E-state index in [1.807, 2.05) is 0 Å². The van der Waals surface area contributed by atoms with E-state index < -0.39 is 77.4 Å². The quantitative estimate of drug-likeness (QED) is 0.0556. The van der Waals surface area contributed by atoms with Gasteiger partial charge in [-0.05, 0) is 80.1 Å². The van der Waals surface area contributed by atoms with Crippen LogP contribution in [0, 0.1) is 0 Å². The minimum atomic E-state index is -1.52. The van der Waals surface area contributed by atoms with Crippen LogP contribution >= 0.6 is 0 Å². The van der Waals surface area contributed by atoms with Crippen molar-refractivity contribution in [1.29, 1.82) is 0 Å². The maximum absolute atomic E-state index is 12.4. The topological polar surface area (TPSA) is 234 Å². The van der Waals surface area contributed by atoms with Gasteiger partial charge in [0.15, 0.2) is 12.2 Å². The third-order valence-corrected chi connectivity index (χ3v) is 6.09. The van der Waals surface area contributed by atoms with Crippen molar-refractivity contribution < 1.29 is 62.4 Å². The fraction of sp³-hybridized carbons (Fsp3) is 0.676. The molecule has 0 aliphatic rings. The summed E-state index contributed by atoms with van der Waals surface area (Å²) in [5.41, 5.74) is -1.44. The number of aliphatic hydroxyl groups is 1. The van der Waals surface area contributed by atoms with Gasteiger partial charge in [-0.15, -0.1) is 13.2 Å². The summed E-state index contributed by atoms with van der Waals surface area (Å²) in [6.45, 7) is 17.8. The van der Waals surface area contributed by atoms with Crippen LogP contribution < -0.4 is 21.3 Å². The Morgan fingerprint density at radius 1 is 0.686 bits per heavy atom. The van der Waals surface area contributed by atoms with Crippen LogP contribution in [0.3, 0.4) is 0 Å². The molecule has 0 rings (SSSR count). The standard InChI is InChI=1S/C18H30N2O7.C16H28N2O6/c1-7-8-9-10-13(20-17(24)27-18(3,4)5)15(26-12(2)21)16(23)19-11-14(22)25-6;1-6-7-8-9-11(18-15(22)24-16(2,3)4)13(20)14(21)17-10-12(19)23-5/h7,13,15H,1,8-11H2,2-6H3,(H,19,23)(H,20,24);6,11,13,20H,1,7-10H2,2-5H3,(H,17,21)(H,18,22)/t13-,15?;11-,13?/m00/s1. The first-order valence-electron chi connectivity index (χ1n) is 16.4. The number of unbranched alkanes of at least 4 members (excludes halogenated alkanes) is 2. The van der Waals surface area contributed by atoms with Crippen molar-refractivity contribution in [2.45, 2.75) is 122 Å². The maximum atomic E-state index is 12.4. The van der Waals surface area contributed by atoms with E-state index in [0.29, 0.717) is 38.5 Å². The predicted octanol–water partition coefficient (Wildman–Crippen LogP) is 2.34. The number of ether oxygens (including phenoxy) is 5. The maximum Gasteiger partial charge on any atom is 0.408 e. The van der Waals surface area contributed by atoms with Gasteiger partial charge in [0.25, 0.3) is 11.8 Å². The number of methoxy groups -OCH3 is 2. The summed E-state index contributed by atoms with van der Waals surface area (Å²) < 4.78 is 24.3. The zero-order valence-electron chi connectivity index (χ0n) is 31.4. The lowest BCUT2D eigenvalue weighted by Gasteiger charge is -2.28. The van der Waals surface area contributed by atoms with Crippen LogP contribution in [-0.4, -0.2) is 110 Å². The Hall–Kier alpha value is -4.67. The fourth-order valence-electron chi connectivity index (χ4n) is 3.84. The summed E-state index contributed by atoms with van der Waals surface area (Å²) in [7, 11) is 2.37. The number of esters is 3. The Kier molecular flexibility index (Phi) is 24.0. The molecule has 0 saturated heterocycles. The van der Waals surface area contributed by atoms with Crippen LogP contribution in [-0.2, 0) is 47.7 Å². The van der Waals surface area contributed by atoms with Gasteiger partial charge in [-0.1, -0.05) is 12.2 Å². The van der Waals surface area contributed by atoms with E-state index >= 15 is 0 Å². The first kappa shape index (κ1) is 48.4. The molecule has 0 saturated carbocycles. The zero-order valence-corrected chi connectivity index (χ0v) is 31.4. The van der Waals surface area contributed by atoms with E-state index in [0.717, 1.165) is 6.92 Å². The number of allylic oxidation sites excluding steroid dienone is 2. The lowest BCUT2D eigenvalue weighted by molar-refractivity contribution is -0.156. The SMILES string of the molecule is C=CCCC[C@H](NC(=O)OC(C)(C)C)C(O)C(=O)NCC(=O)OC.C=CCCC[C@H](NC(=O)OC(C)(C)C)C(OC(C)=O)C(=O)NCC(=O)OC. The smallest absolute Gasteiger partial charge is 0.408 e. The number of hydrogen-bond donors (Lipinski definition) is 5. The molecular formula is C34H58N4O13. The van der Waals surface area contributed by atoms with Gasteiger partial charge in [0.2, 0.25) is 0 Å². The molecule has 0 aromatic heterocycles. The van der Waals surface area contributed by atoms with Crippen LogP contribution in [0.25, 0.3) is 0 Å². The second-order valence-electron chi connectivity index (χ2n) is 13.0. The molecule has 0 aliphatic heterocycles. The summed E-state index contributed by atoms with van der Waals surface area (Å²) in [5, 5.41) is 19.8. The first-order valence-corrected chi connectivity index (χ1v) is 16.4. The molecule has 51 heavy (non-hydrogen) atoms. The van der Waals surface area contributed by atoms with E-state index in [-0.39, 0.29) is 13.1 Å². The second-order valence-corrected chi connectivity index (χ2v) is 13.0. The molecule has 0 spiro atoms. The Balaban J connectivity index is 0. The first-order chi connectivity index (χ1) is 23.6. The Labute approximate surface area is 300 Å². The number of rotatable bonds is 19. The van der Waals surface area contributed by atoms with Crippen LogP contribution in [0.15, 0.2) is 25.3 Å². The average molecular weight is 731 g/mol. The van der Waals surface area contributed by atoms with E-state index in [2.05, 4.69) is 43.9 Å². The van der Waals surface area contributed by atoms with Gasteiger partial charge in [-0.25, -0.2) is 9.59 Å². The van der Waals surface area contributed by atoms with Gasteiger partial charge in [0.05, 0.1) is 26.3 Å². The predicted molar refractivity (Wildman–Crippen MR) is 186 cm³/mol. The highest BCUT2D eigenvalue weighted by molar-refractivity contribution is 5.88. The molecule has 0 fully saturated rings. The van der Waals surface area contributed by atoms with Crippen LogP contribution in [0.1, 0.15) is 87.0 Å². The van der Waals surface area contributed by atoms with Gasteiger partial charge in [0.1, 0.15) is 24.3 Å². The van der Waals surface area contributed by atoms with Crippen LogP contribution in [0.5, 0.6) is 0 Å². The molecule has 17 nitrogen and oxygen atoms in total. The van der Waals surface area contributed by atoms with Crippen molar-refractivity contribution in [2.75, 3.05) is 27.3 Å². The number of amides is 4. The molecule has 17 heteroatoms. The number of nitrogens with one attached hydrogen (secondary N) is 4. The molecule has 0 radical (unpaired) electrons. The molecule has 0 heterocycles. The number of aliphatic hydroxyl groups excluding tert-OH is 1. The molecule has 4 atom stereocenters. The molecule has 0 aromatic carbocycles. The molecular weight excluding hydrogens is 672 g/mol. The normalized spacial score (nSPS) is 13.1. The van der Waals surface area contributed by atoms with Crippen molar-refractivity contribution in [3.8, 4) is 0 Å². The van der Waals surface area contributed by atoms with Crippen molar-refractivity contribution in [2.24, 2.45) is 0 Å². The largest absolute Gasteiger partial charge is 0.468 e. The van der Waals surface area contributed by atoms with Gasteiger partial charge in [-0.3, -0.25) is 24.0 Å². The third-order valence-electron chi connectivity index (χ3n) is 6.09. The molecule has 5 N–H and O–H groups in total. The monoisotopic (exact) mass is 730 g/mol. The summed E-state index contributed by atoms with van der Waals surface area (Å²) in [6.07, 6.45) is 2.26. The summed E-state index contributed by atoms with van der Waals surface area (Å²) in [6, 6.07) is -1.70. The molecule has 0 aliphatic carbocycles. The molecule has 2 unspecified atom stereocenters. The highest BCUT2D eigenvalue weighted by atomic mass is 16.6. The molecule has 292 valence electrons. The zero-order chi connectivity index (χ0) is 39.8. The average Bonchev–Trinajstić information content (AvgIpc) is 3.01. The molecule has 0 aromatic rings. The van der Waals surface area contributed by atoms with E-state index in [1.165, 1.54) is 14.2 Å². The summed E-state index contributed by atoms with van der Waals surface area (Å²) in [4.78, 5) is 82.1. The minimum Gasteiger partial charge on any atom is -0.468 e. The van der Waals surface area contributed by atoms with E-state index in [4.69, 9.17) is 14.2 Å². The van der Waals surface area contributed by atoms with Crippen LogP contribution in [0.4, 0.5) is 9.59 Å². The van der Waals surface area contributed by atoms with E-state index in [1.54, 1.807) is 53.7 Å². The minimum absolute atomic E-state index is 0.328. The van der Waals surface area contributed by atoms with Crippen LogP contribution in [0.2, 0.25) is 0 Å². The molecule has 0 bridgehead atoms. The summed E-state index contributed by atoms with van der Waals surface area (Å²) in [5.74, 6) is -3.50. The van der Waals surface area contributed by atoms with Crippen molar-refractivity contribution in [3.63, 3.8) is 0 Å². The summed E-state index contributed by atoms with van der Waals surface area (Å²) >= 11 is 0.